The van der Waals surface area contributed by atoms with E-state index in [2.05, 4.69) is 44.7 Å². The third-order valence-corrected chi connectivity index (χ3v) is 4.96. The third-order valence-electron chi connectivity index (χ3n) is 2.87. The van der Waals surface area contributed by atoms with E-state index < -0.39 is 0 Å². The van der Waals surface area contributed by atoms with Crippen molar-refractivity contribution in [3.63, 3.8) is 0 Å². The van der Waals surface area contributed by atoms with E-state index >= 15 is 0 Å². The van der Waals surface area contributed by atoms with Gasteiger partial charge in [0.2, 0.25) is 0 Å². The first-order chi connectivity index (χ1) is 8.17. The lowest BCUT2D eigenvalue weighted by Crippen LogP contribution is -2.17. The van der Waals surface area contributed by atoms with Crippen molar-refractivity contribution in [2.75, 3.05) is 7.05 Å². The molecule has 2 aromatic rings. The Labute approximate surface area is 114 Å². The van der Waals surface area contributed by atoms with Crippen LogP contribution in [0, 0.1) is 0 Å². The van der Waals surface area contributed by atoms with Gasteiger partial charge in [-0.05, 0) is 34.8 Å². The number of rotatable bonds is 3. The molecule has 0 fully saturated rings. The Morgan fingerprint density at radius 1 is 1.47 bits per heavy atom. The van der Waals surface area contributed by atoms with Crippen LogP contribution in [-0.2, 0) is 13.5 Å². The van der Waals surface area contributed by atoms with Gasteiger partial charge in [0, 0.05) is 30.6 Å². The molecule has 0 aliphatic rings. The van der Waals surface area contributed by atoms with Crippen molar-refractivity contribution in [2.45, 2.75) is 26.2 Å². The van der Waals surface area contributed by atoms with Gasteiger partial charge in [0.25, 0.3) is 0 Å². The summed E-state index contributed by atoms with van der Waals surface area (Å²) < 4.78 is 4.55. The molecule has 0 aliphatic carbocycles. The topological polar surface area (TPSA) is 17.3 Å². The van der Waals surface area contributed by atoms with Gasteiger partial charge in [-0.25, -0.2) is 0 Å². The van der Waals surface area contributed by atoms with Crippen LogP contribution in [0.1, 0.15) is 24.6 Å². The highest BCUT2D eigenvalue weighted by Gasteiger charge is 2.08. The molecule has 2 nitrogen and oxygen atoms in total. The SMILES string of the molecule is CCCCc1cc2c(=NC)n(C)cc(Br)c2s1. The second-order valence-corrected chi connectivity index (χ2v) is 6.19. The van der Waals surface area contributed by atoms with E-state index in [1.807, 2.05) is 25.4 Å². The molecule has 0 spiro atoms. The van der Waals surface area contributed by atoms with Crippen LogP contribution in [0.5, 0.6) is 0 Å². The lowest BCUT2D eigenvalue weighted by atomic mass is 10.2. The number of unbranched alkanes of at least 4 members (excludes halogenated alkanes) is 1. The van der Waals surface area contributed by atoms with E-state index in [0.717, 1.165) is 9.96 Å². The summed E-state index contributed by atoms with van der Waals surface area (Å²) in [4.78, 5) is 5.84. The first-order valence-electron chi connectivity index (χ1n) is 5.87. The van der Waals surface area contributed by atoms with Crippen molar-refractivity contribution >= 4 is 37.4 Å². The minimum Gasteiger partial charge on any atom is -0.335 e. The maximum Gasteiger partial charge on any atom is 0.135 e. The maximum atomic E-state index is 4.38. The number of hydrogen-bond donors (Lipinski definition) is 0. The predicted molar refractivity (Wildman–Crippen MR) is 78.6 cm³/mol. The van der Waals surface area contributed by atoms with Gasteiger partial charge < -0.3 is 4.57 Å². The second-order valence-electron chi connectivity index (χ2n) is 4.19. The Morgan fingerprint density at radius 2 is 2.24 bits per heavy atom. The summed E-state index contributed by atoms with van der Waals surface area (Å²) in [5.74, 6) is 0. The third kappa shape index (κ3) is 2.47. The van der Waals surface area contributed by atoms with Gasteiger partial charge in [0.05, 0.1) is 9.17 Å². The number of fused-ring (bicyclic) bond motifs is 1. The molecule has 0 N–H and O–H groups in total. The van der Waals surface area contributed by atoms with Crippen molar-refractivity contribution in [3.05, 3.63) is 27.1 Å². The molecule has 0 saturated heterocycles. The van der Waals surface area contributed by atoms with Gasteiger partial charge in [0.1, 0.15) is 5.49 Å². The molecule has 92 valence electrons. The average Bonchev–Trinajstić information content (AvgIpc) is 2.71. The minimum absolute atomic E-state index is 1.06. The zero-order valence-corrected chi connectivity index (χ0v) is 12.9. The van der Waals surface area contributed by atoms with Crippen LogP contribution in [-0.4, -0.2) is 11.6 Å². The molecule has 0 radical (unpaired) electrons. The van der Waals surface area contributed by atoms with Crippen LogP contribution in [0.2, 0.25) is 0 Å². The molecule has 0 amide bonds. The van der Waals surface area contributed by atoms with Crippen molar-refractivity contribution in [1.29, 1.82) is 0 Å². The minimum atomic E-state index is 1.06. The number of aryl methyl sites for hydroxylation is 2. The van der Waals surface area contributed by atoms with E-state index in [1.54, 1.807) is 0 Å². The van der Waals surface area contributed by atoms with E-state index in [0.29, 0.717) is 0 Å². The summed E-state index contributed by atoms with van der Waals surface area (Å²) in [6.07, 6.45) is 5.77. The van der Waals surface area contributed by atoms with Gasteiger partial charge in [-0.15, -0.1) is 11.3 Å². The largest absolute Gasteiger partial charge is 0.335 e. The number of thiophene rings is 1. The molecule has 0 aliphatic heterocycles. The number of aromatic nitrogens is 1. The molecule has 0 saturated carbocycles. The van der Waals surface area contributed by atoms with Crippen molar-refractivity contribution in [2.24, 2.45) is 12.0 Å². The van der Waals surface area contributed by atoms with Gasteiger partial charge in [-0.2, -0.15) is 0 Å². The Kier molecular flexibility index (Phi) is 4.05. The standard InChI is InChI=1S/C13H17BrN2S/c1-4-5-6-9-7-10-12(17-9)11(14)8-16(3)13(10)15-2/h7-8H,4-6H2,1-3H3. The highest BCUT2D eigenvalue weighted by atomic mass is 79.9. The fraction of sp³-hybridized carbons (Fsp3) is 0.462. The summed E-state index contributed by atoms with van der Waals surface area (Å²) in [7, 11) is 3.89. The first-order valence-corrected chi connectivity index (χ1v) is 7.48. The van der Waals surface area contributed by atoms with Gasteiger partial charge in [0.15, 0.2) is 0 Å². The molecule has 4 heteroatoms. The van der Waals surface area contributed by atoms with E-state index in [-0.39, 0.29) is 0 Å². The van der Waals surface area contributed by atoms with Crippen molar-refractivity contribution in [1.82, 2.24) is 4.57 Å². The van der Waals surface area contributed by atoms with E-state index in [1.165, 1.54) is 34.2 Å². The highest BCUT2D eigenvalue weighted by molar-refractivity contribution is 9.10. The Morgan fingerprint density at radius 3 is 2.88 bits per heavy atom. The average molecular weight is 313 g/mol. The van der Waals surface area contributed by atoms with Crippen LogP contribution in [0.25, 0.3) is 10.1 Å². The van der Waals surface area contributed by atoms with Crippen LogP contribution in [0.15, 0.2) is 21.7 Å². The molecule has 2 aromatic heterocycles. The van der Waals surface area contributed by atoms with Crippen LogP contribution < -0.4 is 5.49 Å². The summed E-state index contributed by atoms with van der Waals surface area (Å²) in [5, 5.41) is 1.26. The number of pyridine rings is 1. The fourth-order valence-corrected chi connectivity index (χ4v) is 3.88. The number of nitrogens with zero attached hydrogens (tertiary/aromatic N) is 2. The lowest BCUT2D eigenvalue weighted by molar-refractivity contribution is 0.804. The molecule has 2 heterocycles. The van der Waals surface area contributed by atoms with Crippen molar-refractivity contribution in [3.8, 4) is 0 Å². The van der Waals surface area contributed by atoms with Crippen LogP contribution in [0.4, 0.5) is 0 Å². The van der Waals surface area contributed by atoms with Crippen LogP contribution >= 0.6 is 27.3 Å². The quantitative estimate of drug-likeness (QED) is 0.818. The molecule has 0 aromatic carbocycles. The van der Waals surface area contributed by atoms with E-state index in [4.69, 9.17) is 0 Å². The van der Waals surface area contributed by atoms with Gasteiger partial charge in [-0.1, -0.05) is 13.3 Å². The molecular formula is C13H17BrN2S. The monoisotopic (exact) mass is 312 g/mol. The number of hydrogen-bond acceptors (Lipinski definition) is 2. The number of halogens is 1. The zero-order chi connectivity index (χ0) is 12.4. The molecule has 2 rings (SSSR count). The van der Waals surface area contributed by atoms with Gasteiger partial charge in [-0.3, -0.25) is 4.99 Å². The normalized spacial score (nSPS) is 12.6. The summed E-state index contributed by atoms with van der Waals surface area (Å²) in [5.41, 5.74) is 1.06. The summed E-state index contributed by atoms with van der Waals surface area (Å²) in [6, 6.07) is 2.29. The van der Waals surface area contributed by atoms with Gasteiger partial charge >= 0.3 is 0 Å². The zero-order valence-electron chi connectivity index (χ0n) is 10.5. The first kappa shape index (κ1) is 12.8. The van der Waals surface area contributed by atoms with Crippen molar-refractivity contribution < 1.29 is 0 Å². The van der Waals surface area contributed by atoms with E-state index in [9.17, 15) is 0 Å². The molecule has 0 unspecified atom stereocenters. The molecular weight excluding hydrogens is 296 g/mol. The molecule has 17 heavy (non-hydrogen) atoms. The molecule has 0 bridgehead atoms. The van der Waals surface area contributed by atoms with Crippen LogP contribution in [0.3, 0.4) is 0 Å². The second kappa shape index (κ2) is 5.36. The Hall–Kier alpha value is -0.610. The predicted octanol–water partition coefficient (Wildman–Crippen LogP) is 3.88. The Bertz CT molecular complexity index is 595. The maximum absolute atomic E-state index is 4.38. The summed E-state index contributed by atoms with van der Waals surface area (Å²) >= 11 is 5.52. The highest BCUT2D eigenvalue weighted by Crippen LogP contribution is 2.30. The summed E-state index contributed by atoms with van der Waals surface area (Å²) in [6.45, 7) is 2.23. The lowest BCUT2D eigenvalue weighted by Gasteiger charge is -2.02. The smallest absolute Gasteiger partial charge is 0.135 e. The Balaban J connectivity index is 2.63. The fourth-order valence-electron chi connectivity index (χ4n) is 2.02. The molecule has 0 atom stereocenters.